The number of benzene rings is 1. The van der Waals surface area contributed by atoms with Crippen LogP contribution in [0.5, 0.6) is 5.75 Å². The fourth-order valence-corrected chi connectivity index (χ4v) is 5.98. The Morgan fingerprint density at radius 3 is 1.61 bits per heavy atom. The van der Waals surface area contributed by atoms with Crippen molar-refractivity contribution in [2.75, 3.05) is 0 Å². The first-order chi connectivity index (χ1) is 15.0. The van der Waals surface area contributed by atoms with Gasteiger partial charge >= 0.3 is 0 Å². The predicted molar refractivity (Wildman–Crippen MR) is 139 cm³/mol. The fourth-order valence-electron chi connectivity index (χ4n) is 3.48. The lowest BCUT2D eigenvalue weighted by atomic mass is 9.78. The molecular formula is C25H33NO4S3. The molecule has 0 fully saturated rings. The summed E-state index contributed by atoms with van der Waals surface area (Å²) < 4.78 is 0. The van der Waals surface area contributed by atoms with Crippen molar-refractivity contribution < 1.29 is 19.5 Å². The number of aromatic nitrogens is 1. The number of H-pyrrole nitrogens is 1. The number of hydrogen-bond donors (Lipinski definition) is 2. The molecule has 0 spiro atoms. The number of aromatic hydroxyl groups is 1. The summed E-state index contributed by atoms with van der Waals surface area (Å²) in [6.45, 7) is 16.8. The second kappa shape index (κ2) is 10.3. The van der Waals surface area contributed by atoms with Crippen molar-refractivity contribution in [3.8, 4) is 5.75 Å². The van der Waals surface area contributed by atoms with Gasteiger partial charge in [-0.1, -0.05) is 53.7 Å². The lowest BCUT2D eigenvalue weighted by Crippen LogP contribution is -2.18. The topological polar surface area (TPSA) is 87.2 Å². The van der Waals surface area contributed by atoms with Gasteiger partial charge in [-0.15, -0.1) is 0 Å². The molecule has 0 aliphatic heterocycles. The number of hydrogen-bond acceptors (Lipinski definition) is 7. The van der Waals surface area contributed by atoms with Gasteiger partial charge in [0.1, 0.15) is 5.75 Å². The molecule has 0 amide bonds. The fraction of sp³-hybridized carbons (Fsp3) is 0.480. The second-order valence-electron chi connectivity index (χ2n) is 10.1. The highest BCUT2D eigenvalue weighted by atomic mass is 32.2. The molecule has 0 aliphatic carbocycles. The maximum atomic E-state index is 12.1. The highest BCUT2D eigenvalue weighted by Gasteiger charge is 2.28. The lowest BCUT2D eigenvalue weighted by molar-refractivity contribution is -0.110. The third-order valence-electron chi connectivity index (χ3n) is 4.89. The van der Waals surface area contributed by atoms with Crippen LogP contribution in [0.4, 0.5) is 0 Å². The van der Waals surface area contributed by atoms with Crippen molar-refractivity contribution in [3.63, 3.8) is 0 Å². The van der Waals surface area contributed by atoms with E-state index < -0.39 is 0 Å². The zero-order valence-electron chi connectivity index (χ0n) is 20.8. The third kappa shape index (κ3) is 7.17. The van der Waals surface area contributed by atoms with Crippen LogP contribution in [-0.2, 0) is 31.6 Å². The molecule has 0 unspecified atom stereocenters. The van der Waals surface area contributed by atoms with Gasteiger partial charge in [0.2, 0.25) is 0 Å². The van der Waals surface area contributed by atoms with E-state index in [0.29, 0.717) is 27.1 Å². The summed E-state index contributed by atoms with van der Waals surface area (Å²) in [5.41, 5.74) is 2.92. The largest absolute Gasteiger partial charge is 0.507 e. The van der Waals surface area contributed by atoms with E-state index in [1.807, 2.05) is 12.1 Å². The molecule has 2 rings (SSSR count). The SMILES string of the molecule is CC(=O)Sc1[nH]c(SC(C)=O)c(SC(C)=O)c1Cc1cc(C(C)(C)C)c(O)c(C(C)(C)C)c1. The van der Waals surface area contributed by atoms with Crippen molar-refractivity contribution in [1.29, 1.82) is 0 Å². The van der Waals surface area contributed by atoms with E-state index in [-0.39, 0.29) is 26.2 Å². The van der Waals surface area contributed by atoms with Crippen LogP contribution in [0, 0.1) is 0 Å². The zero-order chi connectivity index (χ0) is 25.3. The second-order valence-corrected chi connectivity index (χ2v) is 13.7. The average molecular weight is 508 g/mol. The summed E-state index contributed by atoms with van der Waals surface area (Å²) in [4.78, 5) is 39.7. The van der Waals surface area contributed by atoms with Crippen molar-refractivity contribution in [2.45, 2.75) is 94.5 Å². The first kappa shape index (κ1) is 27.6. The smallest absolute Gasteiger partial charge is 0.192 e. The highest BCUT2D eigenvalue weighted by molar-refractivity contribution is 8.16. The minimum absolute atomic E-state index is 0.0901. The van der Waals surface area contributed by atoms with Crippen LogP contribution in [0.2, 0.25) is 0 Å². The van der Waals surface area contributed by atoms with Gasteiger partial charge in [0.25, 0.3) is 0 Å². The number of thioether (sulfide) groups is 3. The summed E-state index contributed by atoms with van der Waals surface area (Å²) in [5, 5.41) is 12.0. The molecule has 0 radical (unpaired) electrons. The Hall–Kier alpha value is -1.64. The number of rotatable bonds is 5. The molecule has 1 heterocycles. The molecular weight excluding hydrogens is 474 g/mol. The Bertz CT molecular complexity index is 1050. The Balaban J connectivity index is 2.76. The van der Waals surface area contributed by atoms with Crippen molar-refractivity contribution in [2.24, 2.45) is 0 Å². The zero-order valence-corrected chi connectivity index (χ0v) is 23.2. The van der Waals surface area contributed by atoms with Crippen molar-refractivity contribution in [1.82, 2.24) is 4.98 Å². The Morgan fingerprint density at radius 2 is 1.21 bits per heavy atom. The molecule has 180 valence electrons. The van der Waals surface area contributed by atoms with E-state index >= 15 is 0 Å². The molecule has 0 aliphatic rings. The molecule has 0 atom stereocenters. The minimum Gasteiger partial charge on any atom is -0.507 e. The molecule has 33 heavy (non-hydrogen) atoms. The number of phenols is 1. The van der Waals surface area contributed by atoms with Gasteiger partial charge < -0.3 is 10.1 Å². The van der Waals surface area contributed by atoms with Gasteiger partial charge in [-0.2, -0.15) is 0 Å². The quantitative estimate of drug-likeness (QED) is 0.429. The number of aromatic amines is 1. The number of phenolic OH excluding ortho intramolecular Hbond substituents is 1. The van der Waals surface area contributed by atoms with E-state index in [0.717, 1.165) is 57.5 Å². The highest BCUT2D eigenvalue weighted by Crippen LogP contribution is 2.44. The van der Waals surface area contributed by atoms with Crippen LogP contribution < -0.4 is 0 Å². The Morgan fingerprint density at radius 1 is 0.788 bits per heavy atom. The van der Waals surface area contributed by atoms with Crippen LogP contribution in [0.1, 0.15) is 84.6 Å². The normalized spacial score (nSPS) is 12.2. The molecule has 1 aromatic heterocycles. The molecule has 0 saturated carbocycles. The summed E-state index contributed by atoms with van der Waals surface area (Å²) >= 11 is 3.15. The maximum absolute atomic E-state index is 12.1. The Kier molecular flexibility index (Phi) is 8.63. The van der Waals surface area contributed by atoms with E-state index in [4.69, 9.17) is 0 Å². The first-order valence-electron chi connectivity index (χ1n) is 10.7. The first-order valence-corrected chi connectivity index (χ1v) is 13.1. The van der Waals surface area contributed by atoms with E-state index in [2.05, 4.69) is 46.5 Å². The predicted octanol–water partition coefficient (Wildman–Crippen LogP) is 6.82. The Labute approximate surface area is 209 Å². The van der Waals surface area contributed by atoms with Gasteiger partial charge in [-0.3, -0.25) is 14.4 Å². The molecule has 2 aromatic rings. The monoisotopic (exact) mass is 507 g/mol. The number of carbonyl (C=O) groups is 3. The minimum atomic E-state index is -0.276. The molecule has 8 heteroatoms. The van der Waals surface area contributed by atoms with Gasteiger partial charge in [0, 0.05) is 32.8 Å². The third-order valence-corrected chi connectivity index (χ3v) is 7.59. The average Bonchev–Trinajstić information content (AvgIpc) is 2.89. The van der Waals surface area contributed by atoms with E-state index in [1.54, 1.807) is 0 Å². The van der Waals surface area contributed by atoms with Gasteiger partial charge in [0.15, 0.2) is 15.3 Å². The van der Waals surface area contributed by atoms with E-state index in [1.165, 1.54) is 20.8 Å². The van der Waals surface area contributed by atoms with Gasteiger partial charge in [-0.05, 0) is 62.8 Å². The van der Waals surface area contributed by atoms with Crippen molar-refractivity contribution in [3.05, 3.63) is 34.4 Å². The molecule has 2 N–H and O–H groups in total. The van der Waals surface area contributed by atoms with Gasteiger partial charge in [-0.25, -0.2) is 0 Å². The van der Waals surface area contributed by atoms with Crippen LogP contribution in [0.3, 0.4) is 0 Å². The summed E-state index contributed by atoms with van der Waals surface area (Å²) in [6, 6.07) is 4.00. The summed E-state index contributed by atoms with van der Waals surface area (Å²) in [5.74, 6) is 0.303. The maximum Gasteiger partial charge on any atom is 0.192 e. The van der Waals surface area contributed by atoms with E-state index in [9.17, 15) is 19.5 Å². The van der Waals surface area contributed by atoms with Crippen LogP contribution in [0.15, 0.2) is 27.1 Å². The molecule has 5 nitrogen and oxygen atoms in total. The number of carbonyl (C=O) groups excluding carboxylic acids is 3. The summed E-state index contributed by atoms with van der Waals surface area (Å²) in [7, 11) is 0. The van der Waals surface area contributed by atoms with Crippen LogP contribution in [-0.4, -0.2) is 25.4 Å². The number of nitrogens with one attached hydrogen (secondary N) is 1. The van der Waals surface area contributed by atoms with Crippen LogP contribution in [0.25, 0.3) is 0 Å². The molecule has 0 saturated heterocycles. The molecule has 1 aromatic carbocycles. The van der Waals surface area contributed by atoms with Crippen LogP contribution >= 0.6 is 35.3 Å². The summed E-state index contributed by atoms with van der Waals surface area (Å²) in [6.07, 6.45) is 0.451. The van der Waals surface area contributed by atoms with Gasteiger partial charge in [0.05, 0.1) is 14.9 Å². The lowest BCUT2D eigenvalue weighted by Gasteiger charge is -2.28. The molecule has 0 bridgehead atoms. The standard InChI is InChI=1S/C25H33NO4S3/c1-13(27)31-21-17(22(32-14(2)28)26-23(21)33-15(3)29)10-16-11-18(24(4,5)6)20(30)19(12-16)25(7,8)9/h11-12,26,30H,10H2,1-9H3. The van der Waals surface area contributed by atoms with Crippen molar-refractivity contribution >= 4 is 50.6 Å².